The first-order valence-electron chi connectivity index (χ1n) is 7.75. The molecule has 1 atom stereocenters. The van der Waals surface area contributed by atoms with Crippen molar-refractivity contribution in [3.8, 4) is 5.82 Å². The van der Waals surface area contributed by atoms with Gasteiger partial charge < -0.3 is 15.4 Å². The van der Waals surface area contributed by atoms with Gasteiger partial charge in [-0.2, -0.15) is 0 Å². The Morgan fingerprint density at radius 2 is 2.30 bits per heavy atom. The fourth-order valence-electron chi connectivity index (χ4n) is 2.57. The maximum Gasteiger partial charge on any atom is 0.191 e. The van der Waals surface area contributed by atoms with Gasteiger partial charge in [-0.3, -0.25) is 4.57 Å². The second kappa shape index (κ2) is 6.78. The number of rotatable bonds is 3. The molecule has 122 valence electrons. The van der Waals surface area contributed by atoms with E-state index in [9.17, 15) is 0 Å². The first kappa shape index (κ1) is 15.5. The lowest BCUT2D eigenvalue weighted by Crippen LogP contribution is -2.47. The largest absolute Gasteiger partial charge is 0.375 e. The molecule has 1 unspecified atom stereocenters. The van der Waals surface area contributed by atoms with Crippen molar-refractivity contribution < 1.29 is 4.74 Å². The van der Waals surface area contributed by atoms with Crippen LogP contribution in [-0.2, 0) is 11.3 Å². The molecule has 3 rings (SSSR count). The molecule has 0 bridgehead atoms. The zero-order valence-corrected chi connectivity index (χ0v) is 13.5. The maximum absolute atomic E-state index is 6.07. The molecule has 0 aromatic carbocycles. The lowest BCUT2D eigenvalue weighted by Gasteiger charge is -2.31. The summed E-state index contributed by atoms with van der Waals surface area (Å²) in [6, 6.07) is 3.98. The maximum atomic E-state index is 6.07. The van der Waals surface area contributed by atoms with E-state index in [0.29, 0.717) is 19.1 Å². The highest BCUT2D eigenvalue weighted by Gasteiger charge is 2.17. The lowest BCUT2D eigenvalue weighted by molar-refractivity contribution is 0.00529. The van der Waals surface area contributed by atoms with E-state index in [2.05, 4.69) is 19.9 Å². The second-order valence-corrected chi connectivity index (χ2v) is 5.67. The van der Waals surface area contributed by atoms with E-state index in [-0.39, 0.29) is 6.10 Å². The van der Waals surface area contributed by atoms with Crippen molar-refractivity contribution >= 4 is 5.96 Å². The van der Waals surface area contributed by atoms with Gasteiger partial charge in [0.15, 0.2) is 5.96 Å². The monoisotopic (exact) mass is 314 g/mol. The van der Waals surface area contributed by atoms with E-state index in [1.54, 1.807) is 6.20 Å². The molecule has 23 heavy (non-hydrogen) atoms. The Hall–Kier alpha value is -2.41. The van der Waals surface area contributed by atoms with Gasteiger partial charge in [-0.15, -0.1) is 0 Å². The second-order valence-electron chi connectivity index (χ2n) is 5.67. The third kappa shape index (κ3) is 3.68. The topological polar surface area (TPSA) is 81.6 Å². The van der Waals surface area contributed by atoms with E-state index in [1.165, 1.54) is 0 Å². The SMILES string of the molecule is Cc1nccn1-c1ccc(CN=C(N)N2CCOC(C)C2)cn1. The Kier molecular flexibility index (Phi) is 4.57. The average molecular weight is 314 g/mol. The molecule has 1 aliphatic rings. The fraction of sp³-hybridized carbons (Fsp3) is 0.438. The van der Waals surface area contributed by atoms with Crippen molar-refractivity contribution in [2.45, 2.75) is 26.5 Å². The van der Waals surface area contributed by atoms with Crippen molar-refractivity contribution in [1.29, 1.82) is 0 Å². The number of pyridine rings is 1. The first-order chi connectivity index (χ1) is 11.1. The summed E-state index contributed by atoms with van der Waals surface area (Å²) in [5.41, 5.74) is 7.10. The van der Waals surface area contributed by atoms with Gasteiger partial charge in [-0.25, -0.2) is 15.0 Å². The van der Waals surface area contributed by atoms with Crippen LogP contribution < -0.4 is 5.73 Å². The van der Waals surface area contributed by atoms with Crippen LogP contribution in [0.5, 0.6) is 0 Å². The third-order valence-corrected chi connectivity index (χ3v) is 3.87. The molecule has 0 amide bonds. The Labute approximate surface area is 135 Å². The molecule has 0 aliphatic carbocycles. The summed E-state index contributed by atoms with van der Waals surface area (Å²) in [6.07, 6.45) is 5.68. The van der Waals surface area contributed by atoms with Crippen molar-refractivity contribution in [2.75, 3.05) is 19.7 Å². The molecular weight excluding hydrogens is 292 g/mol. The molecule has 0 saturated carbocycles. The standard InChI is InChI=1S/C16H22N6O/c1-12-11-21(7-8-23-12)16(17)20-10-14-3-4-15(19-9-14)22-6-5-18-13(22)2/h3-6,9,12H,7-8,10-11H2,1-2H3,(H2,17,20). The van der Waals surface area contributed by atoms with Crippen LogP contribution in [0, 0.1) is 6.92 Å². The number of hydrogen-bond donors (Lipinski definition) is 1. The highest BCUT2D eigenvalue weighted by Crippen LogP contribution is 2.09. The van der Waals surface area contributed by atoms with Crippen molar-refractivity contribution in [3.05, 3.63) is 42.1 Å². The normalized spacial score (nSPS) is 19.1. The van der Waals surface area contributed by atoms with E-state index in [0.717, 1.165) is 30.3 Å². The van der Waals surface area contributed by atoms with E-state index < -0.39 is 0 Å². The molecule has 2 aromatic heterocycles. The zero-order chi connectivity index (χ0) is 16.2. The number of aliphatic imine (C=N–C) groups is 1. The lowest BCUT2D eigenvalue weighted by atomic mass is 10.3. The molecule has 1 aliphatic heterocycles. The zero-order valence-electron chi connectivity index (χ0n) is 13.5. The van der Waals surface area contributed by atoms with Crippen LogP contribution in [0.4, 0.5) is 0 Å². The number of nitrogens with two attached hydrogens (primary N) is 1. The number of aromatic nitrogens is 3. The van der Waals surface area contributed by atoms with Gasteiger partial charge >= 0.3 is 0 Å². The number of hydrogen-bond acceptors (Lipinski definition) is 4. The predicted molar refractivity (Wildman–Crippen MR) is 88.4 cm³/mol. The smallest absolute Gasteiger partial charge is 0.191 e. The summed E-state index contributed by atoms with van der Waals surface area (Å²) in [5.74, 6) is 2.33. The minimum Gasteiger partial charge on any atom is -0.375 e. The van der Waals surface area contributed by atoms with Gasteiger partial charge in [0.1, 0.15) is 11.6 Å². The molecule has 3 heterocycles. The highest BCUT2D eigenvalue weighted by molar-refractivity contribution is 5.78. The summed E-state index contributed by atoms with van der Waals surface area (Å²) >= 11 is 0. The molecule has 7 nitrogen and oxygen atoms in total. The van der Waals surface area contributed by atoms with Gasteiger partial charge in [0.25, 0.3) is 0 Å². The van der Waals surface area contributed by atoms with Crippen LogP contribution in [0.3, 0.4) is 0 Å². The molecular formula is C16H22N6O. The van der Waals surface area contributed by atoms with Crippen molar-refractivity contribution in [3.63, 3.8) is 0 Å². The number of morpholine rings is 1. The van der Waals surface area contributed by atoms with Crippen LogP contribution in [0.25, 0.3) is 5.82 Å². The molecule has 2 N–H and O–H groups in total. The quantitative estimate of drug-likeness (QED) is 0.678. The third-order valence-electron chi connectivity index (χ3n) is 3.87. The number of nitrogens with zero attached hydrogens (tertiary/aromatic N) is 5. The highest BCUT2D eigenvalue weighted by atomic mass is 16.5. The summed E-state index contributed by atoms with van der Waals surface area (Å²) in [5, 5.41) is 0. The van der Waals surface area contributed by atoms with Crippen LogP contribution in [0.2, 0.25) is 0 Å². The van der Waals surface area contributed by atoms with Crippen LogP contribution in [0.15, 0.2) is 35.7 Å². The van der Waals surface area contributed by atoms with Crippen LogP contribution in [0.1, 0.15) is 18.3 Å². The van der Waals surface area contributed by atoms with Gasteiger partial charge in [0.2, 0.25) is 0 Å². The molecule has 2 aromatic rings. The van der Waals surface area contributed by atoms with Gasteiger partial charge in [-0.05, 0) is 25.5 Å². The van der Waals surface area contributed by atoms with E-state index in [4.69, 9.17) is 10.5 Å². The minimum absolute atomic E-state index is 0.192. The Morgan fingerprint density at radius 1 is 1.43 bits per heavy atom. The minimum atomic E-state index is 0.192. The number of guanidine groups is 1. The van der Waals surface area contributed by atoms with Crippen molar-refractivity contribution in [1.82, 2.24) is 19.4 Å². The molecule has 1 saturated heterocycles. The van der Waals surface area contributed by atoms with Gasteiger partial charge in [0, 0.05) is 31.7 Å². The fourth-order valence-corrected chi connectivity index (χ4v) is 2.57. The molecule has 0 spiro atoms. The molecule has 0 radical (unpaired) electrons. The molecule has 7 heteroatoms. The summed E-state index contributed by atoms with van der Waals surface area (Å²) < 4.78 is 7.45. The van der Waals surface area contributed by atoms with Crippen LogP contribution >= 0.6 is 0 Å². The Balaban J connectivity index is 1.64. The Morgan fingerprint density at radius 3 is 2.96 bits per heavy atom. The number of aryl methyl sites for hydroxylation is 1. The molecule has 1 fully saturated rings. The number of imidazole rings is 1. The summed E-state index contributed by atoms with van der Waals surface area (Å²) in [6.45, 7) is 6.78. The Bertz CT molecular complexity index is 678. The first-order valence-corrected chi connectivity index (χ1v) is 7.75. The summed E-state index contributed by atoms with van der Waals surface area (Å²) in [7, 11) is 0. The predicted octanol–water partition coefficient (Wildman–Crippen LogP) is 1.11. The summed E-state index contributed by atoms with van der Waals surface area (Å²) in [4.78, 5) is 15.2. The van der Waals surface area contributed by atoms with E-state index in [1.807, 2.05) is 42.9 Å². The number of ether oxygens (including phenoxy) is 1. The van der Waals surface area contributed by atoms with Crippen molar-refractivity contribution in [2.24, 2.45) is 10.7 Å². The van der Waals surface area contributed by atoms with Crippen LogP contribution in [-0.4, -0.2) is 51.2 Å². The van der Waals surface area contributed by atoms with E-state index >= 15 is 0 Å². The average Bonchev–Trinajstić information content (AvgIpc) is 2.99. The van der Waals surface area contributed by atoms with Gasteiger partial charge in [-0.1, -0.05) is 6.07 Å². The van der Waals surface area contributed by atoms with Gasteiger partial charge in [0.05, 0.1) is 19.3 Å².